The second-order valence-electron chi connectivity index (χ2n) is 5.63. The maximum Gasteiger partial charge on any atom is 0.249 e. The summed E-state index contributed by atoms with van der Waals surface area (Å²) in [6.07, 6.45) is 5.80. The van der Waals surface area contributed by atoms with Crippen molar-refractivity contribution in [1.82, 2.24) is 5.32 Å². The van der Waals surface area contributed by atoms with E-state index in [2.05, 4.69) is 12.2 Å². The molecule has 4 heteroatoms. The van der Waals surface area contributed by atoms with Gasteiger partial charge in [-0.05, 0) is 44.4 Å². The Kier molecular flexibility index (Phi) is 4.05. The first-order chi connectivity index (χ1) is 8.15. The Morgan fingerprint density at radius 1 is 1.47 bits per heavy atom. The zero-order valence-corrected chi connectivity index (χ0v) is 10.7. The van der Waals surface area contributed by atoms with Crippen molar-refractivity contribution in [3.8, 4) is 0 Å². The Morgan fingerprint density at radius 3 is 2.94 bits per heavy atom. The van der Waals surface area contributed by atoms with E-state index >= 15 is 0 Å². The number of hydrogen-bond donors (Lipinski definition) is 2. The average Bonchev–Trinajstić information content (AvgIpc) is 2.57. The van der Waals surface area contributed by atoms with Crippen LogP contribution in [0.25, 0.3) is 0 Å². The lowest BCUT2D eigenvalue weighted by atomic mass is 9.99. The molecule has 2 rings (SSSR count). The fraction of sp³-hybridized carbons (Fsp3) is 0.923. The quantitative estimate of drug-likeness (QED) is 0.779. The Morgan fingerprint density at radius 2 is 2.29 bits per heavy atom. The lowest BCUT2D eigenvalue weighted by Crippen LogP contribution is -2.46. The minimum atomic E-state index is -0.286. The van der Waals surface area contributed by atoms with E-state index in [-0.39, 0.29) is 17.6 Å². The Balaban J connectivity index is 1.99. The summed E-state index contributed by atoms with van der Waals surface area (Å²) < 4.78 is 6.11. The van der Waals surface area contributed by atoms with Gasteiger partial charge in [-0.3, -0.25) is 4.79 Å². The van der Waals surface area contributed by atoms with Gasteiger partial charge in [0.25, 0.3) is 0 Å². The van der Waals surface area contributed by atoms with Gasteiger partial charge in [-0.15, -0.1) is 0 Å². The summed E-state index contributed by atoms with van der Waals surface area (Å²) in [7, 11) is 0. The third-order valence-electron chi connectivity index (χ3n) is 4.06. The lowest BCUT2D eigenvalue weighted by Gasteiger charge is -2.32. The van der Waals surface area contributed by atoms with E-state index in [4.69, 9.17) is 10.5 Å². The number of amides is 1. The van der Waals surface area contributed by atoms with Crippen LogP contribution in [0.15, 0.2) is 0 Å². The van der Waals surface area contributed by atoms with Crippen LogP contribution in [0.5, 0.6) is 0 Å². The highest BCUT2D eigenvalue weighted by molar-refractivity contribution is 5.81. The van der Waals surface area contributed by atoms with Crippen molar-refractivity contribution in [2.75, 3.05) is 13.1 Å². The van der Waals surface area contributed by atoms with Gasteiger partial charge < -0.3 is 15.8 Å². The maximum absolute atomic E-state index is 11.9. The normalized spacial score (nSPS) is 38.8. The summed E-state index contributed by atoms with van der Waals surface area (Å²) in [6.45, 7) is 3.54. The highest BCUT2D eigenvalue weighted by Gasteiger charge is 2.40. The molecule has 1 saturated carbocycles. The van der Waals surface area contributed by atoms with E-state index in [1.54, 1.807) is 0 Å². The summed E-state index contributed by atoms with van der Waals surface area (Å²) in [6, 6.07) is 0. The minimum Gasteiger partial charge on any atom is -0.361 e. The third kappa shape index (κ3) is 2.99. The summed E-state index contributed by atoms with van der Waals surface area (Å²) in [4.78, 5) is 11.9. The molecule has 1 aliphatic carbocycles. The summed E-state index contributed by atoms with van der Waals surface area (Å²) >= 11 is 0. The summed E-state index contributed by atoms with van der Waals surface area (Å²) in [5, 5.41) is 2.92. The molecular weight excluding hydrogens is 216 g/mol. The number of hydrogen-bond acceptors (Lipinski definition) is 3. The second kappa shape index (κ2) is 5.36. The number of carbonyl (C=O) groups is 1. The molecule has 2 fully saturated rings. The first-order valence-corrected chi connectivity index (χ1v) is 6.81. The van der Waals surface area contributed by atoms with Gasteiger partial charge in [0.2, 0.25) is 5.91 Å². The second-order valence-corrected chi connectivity index (χ2v) is 5.63. The zero-order valence-electron chi connectivity index (χ0n) is 10.7. The van der Waals surface area contributed by atoms with Gasteiger partial charge in [0.1, 0.15) is 6.10 Å². The van der Waals surface area contributed by atoms with Crippen LogP contribution in [-0.2, 0) is 9.53 Å². The number of ether oxygens (including phenoxy) is 1. The molecule has 2 aliphatic rings. The first kappa shape index (κ1) is 12.8. The smallest absolute Gasteiger partial charge is 0.249 e. The molecular formula is C13H24N2O2. The molecule has 1 amide bonds. The molecule has 4 nitrogen and oxygen atoms in total. The summed E-state index contributed by atoms with van der Waals surface area (Å²) in [5.41, 5.74) is 5.63. The van der Waals surface area contributed by atoms with Crippen molar-refractivity contribution in [2.24, 2.45) is 11.7 Å². The van der Waals surface area contributed by atoms with Crippen LogP contribution in [0.4, 0.5) is 0 Å². The van der Waals surface area contributed by atoms with Gasteiger partial charge in [-0.25, -0.2) is 0 Å². The van der Waals surface area contributed by atoms with Crippen molar-refractivity contribution in [3.63, 3.8) is 0 Å². The molecule has 17 heavy (non-hydrogen) atoms. The molecule has 0 aromatic rings. The summed E-state index contributed by atoms with van der Waals surface area (Å²) in [5.74, 6) is 0.710. The molecule has 0 aromatic carbocycles. The van der Waals surface area contributed by atoms with Gasteiger partial charge in [0.15, 0.2) is 0 Å². The maximum atomic E-state index is 11.9. The number of nitrogens with one attached hydrogen (secondary N) is 1. The molecule has 0 radical (unpaired) electrons. The number of nitrogens with two attached hydrogens (primary N) is 1. The van der Waals surface area contributed by atoms with E-state index in [0.717, 1.165) is 45.1 Å². The lowest BCUT2D eigenvalue weighted by molar-refractivity contribution is -0.146. The van der Waals surface area contributed by atoms with E-state index in [1.807, 2.05) is 0 Å². The van der Waals surface area contributed by atoms with Crippen LogP contribution in [0.1, 0.15) is 45.4 Å². The van der Waals surface area contributed by atoms with Gasteiger partial charge in [0.05, 0.1) is 5.60 Å². The fourth-order valence-electron chi connectivity index (χ4n) is 3.01. The Labute approximate surface area is 103 Å². The predicted molar refractivity (Wildman–Crippen MR) is 66.5 cm³/mol. The van der Waals surface area contributed by atoms with Gasteiger partial charge in [-0.1, -0.05) is 6.92 Å². The average molecular weight is 240 g/mol. The van der Waals surface area contributed by atoms with Crippen LogP contribution < -0.4 is 11.1 Å². The Hall–Kier alpha value is -0.610. The molecule has 1 heterocycles. The molecule has 0 aromatic heterocycles. The highest BCUT2D eigenvalue weighted by atomic mass is 16.5. The number of rotatable bonds is 3. The van der Waals surface area contributed by atoms with Crippen LogP contribution >= 0.6 is 0 Å². The zero-order chi connectivity index (χ0) is 12.3. The van der Waals surface area contributed by atoms with Crippen LogP contribution in [0.3, 0.4) is 0 Å². The van der Waals surface area contributed by atoms with Crippen LogP contribution in [0.2, 0.25) is 0 Å². The third-order valence-corrected chi connectivity index (χ3v) is 4.06. The minimum absolute atomic E-state index is 0.0508. The van der Waals surface area contributed by atoms with Crippen molar-refractivity contribution in [2.45, 2.75) is 57.2 Å². The topological polar surface area (TPSA) is 64.3 Å². The predicted octanol–water partition coefficient (Wildman–Crippen LogP) is 1.19. The van der Waals surface area contributed by atoms with Crippen molar-refractivity contribution in [3.05, 3.63) is 0 Å². The fourth-order valence-corrected chi connectivity index (χ4v) is 3.01. The van der Waals surface area contributed by atoms with E-state index in [9.17, 15) is 4.79 Å². The molecule has 1 aliphatic heterocycles. The molecule has 0 bridgehead atoms. The van der Waals surface area contributed by atoms with E-state index < -0.39 is 0 Å². The Bertz CT molecular complexity index is 283. The van der Waals surface area contributed by atoms with Crippen molar-refractivity contribution < 1.29 is 9.53 Å². The highest BCUT2D eigenvalue weighted by Crippen LogP contribution is 2.38. The van der Waals surface area contributed by atoms with Gasteiger partial charge in [-0.2, -0.15) is 0 Å². The van der Waals surface area contributed by atoms with Gasteiger partial charge >= 0.3 is 0 Å². The van der Waals surface area contributed by atoms with E-state index in [1.165, 1.54) is 0 Å². The standard InChI is InChI=1S/C13H24N2O2/c1-10-5-6-13(8-10,9-14)17-11-4-2-3-7-15-12(11)16/h10-11H,2-9,14H2,1H3,(H,15,16). The van der Waals surface area contributed by atoms with Gasteiger partial charge in [0, 0.05) is 13.1 Å². The first-order valence-electron chi connectivity index (χ1n) is 6.81. The van der Waals surface area contributed by atoms with Crippen LogP contribution in [0, 0.1) is 5.92 Å². The van der Waals surface area contributed by atoms with E-state index in [0.29, 0.717) is 12.5 Å². The molecule has 0 spiro atoms. The molecule has 98 valence electrons. The monoisotopic (exact) mass is 240 g/mol. The van der Waals surface area contributed by atoms with Crippen LogP contribution in [-0.4, -0.2) is 30.7 Å². The van der Waals surface area contributed by atoms with Crippen molar-refractivity contribution in [1.29, 1.82) is 0 Å². The van der Waals surface area contributed by atoms with Crippen molar-refractivity contribution >= 4 is 5.91 Å². The molecule has 3 unspecified atom stereocenters. The number of carbonyl (C=O) groups excluding carboxylic acids is 1. The SMILES string of the molecule is CC1CCC(CN)(OC2CCCCNC2=O)C1. The largest absolute Gasteiger partial charge is 0.361 e. The molecule has 3 N–H and O–H groups in total. The molecule has 1 saturated heterocycles. The molecule has 3 atom stereocenters.